The number of benzene rings is 1. The highest BCUT2D eigenvalue weighted by Crippen LogP contribution is 2.20. The van der Waals surface area contributed by atoms with Crippen LogP contribution in [0, 0.1) is 5.92 Å². The molecular weight excluding hydrogens is 196 g/mol. The molecule has 0 saturated carbocycles. The molecule has 0 radical (unpaired) electrons. The molecule has 0 aromatic heterocycles. The second-order valence-corrected chi connectivity index (χ2v) is 4.09. The number of rotatable bonds is 4. The van der Waals surface area contributed by atoms with Crippen molar-refractivity contribution in [2.24, 2.45) is 5.92 Å². The first kappa shape index (κ1) is 11.1. The van der Waals surface area contributed by atoms with Crippen molar-refractivity contribution in [2.45, 2.75) is 13.8 Å². The van der Waals surface area contributed by atoms with E-state index in [-0.39, 0.29) is 0 Å². The van der Waals surface area contributed by atoms with Crippen LogP contribution in [-0.2, 0) is 0 Å². The Balaban J connectivity index is 2.60. The SMILES string of the molecule is C=C(Cl)c1ccc(OCC(C)C)cc1. The average molecular weight is 211 g/mol. The molecule has 0 N–H and O–H groups in total. The summed E-state index contributed by atoms with van der Waals surface area (Å²) < 4.78 is 5.53. The minimum absolute atomic E-state index is 0.540. The van der Waals surface area contributed by atoms with E-state index in [1.54, 1.807) is 0 Å². The van der Waals surface area contributed by atoms with Gasteiger partial charge in [0.15, 0.2) is 0 Å². The summed E-state index contributed by atoms with van der Waals surface area (Å²) in [5, 5.41) is 0.556. The van der Waals surface area contributed by atoms with E-state index in [4.69, 9.17) is 16.3 Å². The molecule has 1 aromatic rings. The Hall–Kier alpha value is -0.950. The van der Waals surface area contributed by atoms with E-state index in [9.17, 15) is 0 Å². The number of halogens is 1. The lowest BCUT2D eigenvalue weighted by atomic mass is 10.2. The third kappa shape index (κ3) is 3.43. The van der Waals surface area contributed by atoms with Crippen LogP contribution in [0.5, 0.6) is 5.75 Å². The van der Waals surface area contributed by atoms with Crippen molar-refractivity contribution in [2.75, 3.05) is 6.61 Å². The van der Waals surface area contributed by atoms with Crippen molar-refractivity contribution in [1.82, 2.24) is 0 Å². The van der Waals surface area contributed by atoms with E-state index in [1.807, 2.05) is 24.3 Å². The number of hydrogen-bond acceptors (Lipinski definition) is 1. The van der Waals surface area contributed by atoms with Crippen LogP contribution in [0.4, 0.5) is 0 Å². The predicted molar refractivity (Wildman–Crippen MR) is 61.7 cm³/mol. The summed E-state index contributed by atoms with van der Waals surface area (Å²) in [6.07, 6.45) is 0. The molecular formula is C12H15ClO. The largest absolute Gasteiger partial charge is 0.493 e. The molecule has 0 aliphatic carbocycles. The van der Waals surface area contributed by atoms with Crippen LogP contribution >= 0.6 is 11.6 Å². The third-order valence-corrected chi connectivity index (χ3v) is 1.97. The smallest absolute Gasteiger partial charge is 0.119 e. The summed E-state index contributed by atoms with van der Waals surface area (Å²) in [5.74, 6) is 1.41. The van der Waals surface area contributed by atoms with Gasteiger partial charge in [0, 0.05) is 5.03 Å². The first-order valence-electron chi connectivity index (χ1n) is 4.67. The minimum atomic E-state index is 0.540. The molecule has 1 nitrogen and oxygen atoms in total. The van der Waals surface area contributed by atoms with Crippen molar-refractivity contribution in [3.8, 4) is 5.75 Å². The van der Waals surface area contributed by atoms with Gasteiger partial charge >= 0.3 is 0 Å². The molecule has 14 heavy (non-hydrogen) atoms. The summed E-state index contributed by atoms with van der Waals surface area (Å²) in [5.41, 5.74) is 0.934. The zero-order valence-corrected chi connectivity index (χ0v) is 9.34. The number of ether oxygens (including phenoxy) is 1. The molecule has 0 amide bonds. The van der Waals surface area contributed by atoms with Crippen LogP contribution in [0.3, 0.4) is 0 Å². The molecule has 1 aromatic carbocycles. The standard InChI is InChI=1S/C12H15ClO/c1-9(2)8-14-12-6-4-11(5-7-12)10(3)13/h4-7,9H,3,8H2,1-2H3. The van der Waals surface area contributed by atoms with Gasteiger partial charge < -0.3 is 4.74 Å². The Morgan fingerprint density at radius 1 is 1.36 bits per heavy atom. The molecule has 1 rings (SSSR count). The van der Waals surface area contributed by atoms with Gasteiger partial charge in [-0.25, -0.2) is 0 Å². The highest BCUT2D eigenvalue weighted by molar-refractivity contribution is 6.48. The van der Waals surface area contributed by atoms with Gasteiger partial charge in [0.05, 0.1) is 6.61 Å². The van der Waals surface area contributed by atoms with E-state index in [1.165, 1.54) is 0 Å². The Morgan fingerprint density at radius 3 is 2.36 bits per heavy atom. The van der Waals surface area contributed by atoms with Gasteiger partial charge in [-0.3, -0.25) is 0 Å². The maximum absolute atomic E-state index is 5.75. The molecule has 0 bridgehead atoms. The fraction of sp³-hybridized carbons (Fsp3) is 0.333. The summed E-state index contributed by atoms with van der Waals surface area (Å²) >= 11 is 5.75. The normalized spacial score (nSPS) is 10.3. The van der Waals surface area contributed by atoms with Crippen LogP contribution in [0.1, 0.15) is 19.4 Å². The highest BCUT2D eigenvalue weighted by atomic mass is 35.5. The van der Waals surface area contributed by atoms with Crippen molar-refractivity contribution in [3.63, 3.8) is 0 Å². The fourth-order valence-electron chi connectivity index (χ4n) is 0.995. The number of hydrogen-bond donors (Lipinski definition) is 0. The van der Waals surface area contributed by atoms with Crippen LogP contribution in [-0.4, -0.2) is 6.61 Å². The minimum Gasteiger partial charge on any atom is -0.493 e. The quantitative estimate of drug-likeness (QED) is 0.732. The van der Waals surface area contributed by atoms with Crippen molar-refractivity contribution < 1.29 is 4.74 Å². The highest BCUT2D eigenvalue weighted by Gasteiger charge is 1.98. The Bertz CT molecular complexity index is 301. The first-order chi connectivity index (χ1) is 6.59. The van der Waals surface area contributed by atoms with E-state index >= 15 is 0 Å². The molecule has 0 atom stereocenters. The summed E-state index contributed by atoms with van der Waals surface area (Å²) in [6.45, 7) is 8.63. The topological polar surface area (TPSA) is 9.23 Å². The Labute approximate surface area is 90.3 Å². The van der Waals surface area contributed by atoms with Gasteiger partial charge in [-0.1, -0.05) is 32.0 Å². The summed E-state index contributed by atoms with van der Waals surface area (Å²) in [6, 6.07) is 7.63. The van der Waals surface area contributed by atoms with Crippen molar-refractivity contribution >= 4 is 16.6 Å². The monoisotopic (exact) mass is 210 g/mol. The van der Waals surface area contributed by atoms with Crippen LogP contribution < -0.4 is 4.74 Å². The molecule has 2 heteroatoms. The zero-order chi connectivity index (χ0) is 10.6. The van der Waals surface area contributed by atoms with Gasteiger partial charge in [-0.15, -0.1) is 0 Å². The van der Waals surface area contributed by atoms with E-state index in [0.717, 1.165) is 17.9 Å². The average Bonchev–Trinajstić information content (AvgIpc) is 2.15. The van der Waals surface area contributed by atoms with E-state index in [2.05, 4.69) is 20.4 Å². The molecule has 0 spiro atoms. The summed E-state index contributed by atoms with van der Waals surface area (Å²) in [4.78, 5) is 0. The molecule has 0 aliphatic heterocycles. The first-order valence-corrected chi connectivity index (χ1v) is 5.05. The third-order valence-electron chi connectivity index (χ3n) is 1.75. The fourth-order valence-corrected chi connectivity index (χ4v) is 1.12. The predicted octanol–water partition coefficient (Wildman–Crippen LogP) is 3.93. The Morgan fingerprint density at radius 2 is 1.93 bits per heavy atom. The molecule has 0 fully saturated rings. The molecule has 76 valence electrons. The maximum atomic E-state index is 5.75. The maximum Gasteiger partial charge on any atom is 0.119 e. The van der Waals surface area contributed by atoms with Crippen molar-refractivity contribution in [1.29, 1.82) is 0 Å². The van der Waals surface area contributed by atoms with E-state index < -0.39 is 0 Å². The van der Waals surface area contributed by atoms with Gasteiger partial charge in [0.1, 0.15) is 5.75 Å². The molecule has 0 heterocycles. The van der Waals surface area contributed by atoms with Crippen molar-refractivity contribution in [3.05, 3.63) is 36.4 Å². The van der Waals surface area contributed by atoms with Crippen LogP contribution in [0.2, 0.25) is 0 Å². The molecule has 0 saturated heterocycles. The molecule has 0 aliphatic rings. The lowest BCUT2D eigenvalue weighted by molar-refractivity contribution is 0.271. The van der Waals surface area contributed by atoms with Gasteiger partial charge in [0.25, 0.3) is 0 Å². The zero-order valence-electron chi connectivity index (χ0n) is 8.59. The molecule has 0 unspecified atom stereocenters. The van der Waals surface area contributed by atoms with Crippen LogP contribution in [0.25, 0.3) is 5.03 Å². The van der Waals surface area contributed by atoms with Gasteiger partial charge in [-0.05, 0) is 35.7 Å². The second kappa shape index (κ2) is 5.06. The lowest BCUT2D eigenvalue weighted by Crippen LogP contribution is -2.04. The summed E-state index contributed by atoms with van der Waals surface area (Å²) in [7, 11) is 0. The second-order valence-electron chi connectivity index (χ2n) is 3.63. The van der Waals surface area contributed by atoms with E-state index in [0.29, 0.717) is 11.0 Å². The van der Waals surface area contributed by atoms with Gasteiger partial charge in [0.2, 0.25) is 0 Å². The van der Waals surface area contributed by atoms with Crippen LogP contribution in [0.15, 0.2) is 30.8 Å². The lowest BCUT2D eigenvalue weighted by Gasteiger charge is -2.08. The Kier molecular flexibility index (Phi) is 4.02. The van der Waals surface area contributed by atoms with Gasteiger partial charge in [-0.2, -0.15) is 0 Å².